The maximum absolute atomic E-state index is 13.1. The molecule has 0 aliphatic carbocycles. The number of hydrogen-bond donors (Lipinski definition) is 1. The van der Waals surface area contributed by atoms with Crippen LogP contribution in [0.15, 0.2) is 90.3 Å². The molecule has 0 saturated carbocycles. The van der Waals surface area contributed by atoms with Gasteiger partial charge in [-0.2, -0.15) is 0 Å². The van der Waals surface area contributed by atoms with Crippen LogP contribution in [0.1, 0.15) is 15.9 Å². The third-order valence-corrected chi connectivity index (χ3v) is 6.43. The Morgan fingerprint density at radius 2 is 1.88 bits per heavy atom. The van der Waals surface area contributed by atoms with Gasteiger partial charge in [-0.25, -0.2) is 18.1 Å². The van der Waals surface area contributed by atoms with Crippen LogP contribution in [0.25, 0.3) is 16.8 Å². The van der Waals surface area contributed by atoms with E-state index in [1.54, 1.807) is 59.7 Å². The van der Waals surface area contributed by atoms with Gasteiger partial charge in [0.05, 0.1) is 19.1 Å². The minimum absolute atomic E-state index is 0.0153. The monoisotopic (exact) mass is 447 g/mol. The molecular formula is C24H21N3O4S. The Morgan fingerprint density at radius 3 is 2.56 bits per heavy atom. The predicted molar refractivity (Wildman–Crippen MR) is 121 cm³/mol. The molecule has 0 bridgehead atoms. The normalized spacial score (nSPS) is 11.3. The Kier molecular flexibility index (Phi) is 6.16. The molecule has 4 rings (SSSR count). The molecular weight excluding hydrogens is 426 g/mol. The fourth-order valence-electron chi connectivity index (χ4n) is 3.39. The molecule has 32 heavy (non-hydrogen) atoms. The highest BCUT2D eigenvalue weighted by atomic mass is 32.2. The first kappa shape index (κ1) is 21.5. The zero-order chi connectivity index (χ0) is 22.6. The van der Waals surface area contributed by atoms with Crippen LogP contribution in [-0.2, 0) is 16.6 Å². The van der Waals surface area contributed by atoms with E-state index in [9.17, 15) is 13.2 Å². The number of aromatic nitrogens is 2. The first-order valence-corrected chi connectivity index (χ1v) is 11.3. The molecule has 0 aliphatic rings. The number of nitrogens with zero attached hydrogens (tertiary/aromatic N) is 2. The third kappa shape index (κ3) is 4.46. The Bertz CT molecular complexity index is 1340. The van der Waals surface area contributed by atoms with Crippen LogP contribution in [0.5, 0.6) is 5.75 Å². The maximum atomic E-state index is 13.1. The van der Waals surface area contributed by atoms with Gasteiger partial charge in [-0.1, -0.05) is 36.4 Å². The smallest absolute Gasteiger partial charge is 0.244 e. The van der Waals surface area contributed by atoms with E-state index in [0.717, 1.165) is 17.5 Å². The summed E-state index contributed by atoms with van der Waals surface area (Å²) in [5.41, 5.74) is 3.39. The van der Waals surface area contributed by atoms with Crippen LogP contribution >= 0.6 is 0 Å². The lowest BCUT2D eigenvalue weighted by Crippen LogP contribution is -2.23. The van der Waals surface area contributed by atoms with Gasteiger partial charge in [0.1, 0.15) is 16.9 Å². The second-order valence-electron chi connectivity index (χ2n) is 7.04. The van der Waals surface area contributed by atoms with E-state index in [4.69, 9.17) is 4.74 Å². The topological polar surface area (TPSA) is 90.3 Å². The number of imidazole rings is 1. The maximum Gasteiger partial charge on any atom is 0.244 e. The van der Waals surface area contributed by atoms with Crippen LogP contribution in [0.3, 0.4) is 0 Å². The van der Waals surface area contributed by atoms with E-state index in [0.29, 0.717) is 16.7 Å². The molecule has 1 aromatic heterocycles. The lowest BCUT2D eigenvalue weighted by Gasteiger charge is -2.15. The molecule has 8 heteroatoms. The van der Waals surface area contributed by atoms with E-state index in [-0.39, 0.29) is 17.2 Å². The molecule has 162 valence electrons. The van der Waals surface area contributed by atoms with Gasteiger partial charge in [0.15, 0.2) is 0 Å². The first-order valence-electron chi connectivity index (χ1n) is 9.81. The Morgan fingerprint density at radius 1 is 1.06 bits per heavy atom. The minimum atomic E-state index is -3.88. The van der Waals surface area contributed by atoms with Crippen LogP contribution in [-0.4, -0.2) is 31.4 Å². The number of methoxy groups -OCH3 is 1. The van der Waals surface area contributed by atoms with E-state index >= 15 is 0 Å². The van der Waals surface area contributed by atoms with Gasteiger partial charge in [-0.3, -0.25) is 4.79 Å². The summed E-state index contributed by atoms with van der Waals surface area (Å²) in [5.74, 6) is 0.227. The Hall–Kier alpha value is -3.75. The van der Waals surface area contributed by atoms with Crippen molar-refractivity contribution in [3.8, 4) is 22.6 Å². The molecule has 0 aliphatic heterocycles. The molecule has 0 atom stereocenters. The van der Waals surface area contributed by atoms with Gasteiger partial charge in [0.2, 0.25) is 10.0 Å². The van der Waals surface area contributed by atoms with Crippen molar-refractivity contribution < 1.29 is 17.9 Å². The average Bonchev–Trinajstić information content (AvgIpc) is 3.37. The highest BCUT2D eigenvalue weighted by Crippen LogP contribution is 2.33. The summed E-state index contributed by atoms with van der Waals surface area (Å²) < 4.78 is 36.0. The largest absolute Gasteiger partial charge is 0.495 e. The molecule has 0 spiro atoms. The molecule has 7 nitrogen and oxygen atoms in total. The molecule has 1 N–H and O–H groups in total. The summed E-state index contributed by atoms with van der Waals surface area (Å²) in [5, 5.41) is 0. The van der Waals surface area contributed by atoms with Crippen LogP contribution in [0.2, 0.25) is 0 Å². The average molecular weight is 448 g/mol. The van der Waals surface area contributed by atoms with Crippen molar-refractivity contribution in [1.82, 2.24) is 14.3 Å². The zero-order valence-corrected chi connectivity index (χ0v) is 18.1. The van der Waals surface area contributed by atoms with E-state index in [1.165, 1.54) is 7.11 Å². The van der Waals surface area contributed by atoms with Crippen LogP contribution < -0.4 is 9.46 Å². The number of carbonyl (C=O) groups excluding carboxylic acids is 1. The number of benzene rings is 3. The second kappa shape index (κ2) is 9.17. The highest BCUT2D eigenvalue weighted by Gasteiger charge is 2.21. The fraction of sp³-hybridized carbons (Fsp3) is 0.0833. The standard InChI is InChI=1S/C24H21N3O4S/c1-31-23-10-8-20(14-24(23)32(29,30)26-15-18-5-3-2-4-6-18)21-13-19(16-28)7-9-22(21)27-12-11-25-17-27/h2-14,16-17,26H,15H2,1H3. The van der Waals surface area contributed by atoms with Crippen molar-refractivity contribution in [2.75, 3.05) is 7.11 Å². The molecule has 0 fully saturated rings. The van der Waals surface area contributed by atoms with Crippen LogP contribution in [0.4, 0.5) is 0 Å². The summed E-state index contributed by atoms with van der Waals surface area (Å²) >= 11 is 0. The second-order valence-corrected chi connectivity index (χ2v) is 8.78. The van der Waals surface area contributed by atoms with Crippen LogP contribution in [0, 0.1) is 0 Å². The number of hydrogen-bond acceptors (Lipinski definition) is 5. The molecule has 4 aromatic rings. The summed E-state index contributed by atoms with van der Waals surface area (Å²) in [6, 6.07) is 19.4. The van der Waals surface area contributed by atoms with E-state index in [2.05, 4.69) is 9.71 Å². The van der Waals surface area contributed by atoms with Crippen molar-refractivity contribution in [2.24, 2.45) is 0 Å². The SMILES string of the molecule is COc1ccc(-c2cc(C=O)ccc2-n2ccnc2)cc1S(=O)(=O)NCc1ccccc1. The third-order valence-electron chi connectivity index (χ3n) is 5.01. The van der Waals surface area contributed by atoms with Crippen molar-refractivity contribution in [2.45, 2.75) is 11.4 Å². The van der Waals surface area contributed by atoms with Gasteiger partial charge in [-0.05, 0) is 41.5 Å². The number of carbonyl (C=O) groups is 1. The van der Waals surface area contributed by atoms with Crippen molar-refractivity contribution >= 4 is 16.3 Å². The lowest BCUT2D eigenvalue weighted by molar-refractivity contribution is 0.112. The number of ether oxygens (including phenoxy) is 1. The Balaban J connectivity index is 1.78. The number of rotatable bonds is 8. The minimum Gasteiger partial charge on any atom is -0.495 e. The van der Waals surface area contributed by atoms with E-state index < -0.39 is 10.0 Å². The highest BCUT2D eigenvalue weighted by molar-refractivity contribution is 7.89. The summed E-state index contributed by atoms with van der Waals surface area (Å²) in [4.78, 5) is 15.5. The van der Waals surface area contributed by atoms with Gasteiger partial charge in [0.25, 0.3) is 0 Å². The fourth-order valence-corrected chi connectivity index (χ4v) is 4.60. The number of nitrogens with one attached hydrogen (secondary N) is 1. The molecule has 0 radical (unpaired) electrons. The zero-order valence-electron chi connectivity index (χ0n) is 17.3. The molecule has 0 saturated heterocycles. The summed E-state index contributed by atoms with van der Waals surface area (Å²) in [6.07, 6.45) is 5.82. The van der Waals surface area contributed by atoms with Crippen molar-refractivity contribution in [1.29, 1.82) is 0 Å². The predicted octanol–water partition coefficient (Wildman–Crippen LogP) is 3.84. The van der Waals surface area contributed by atoms with Gasteiger partial charge < -0.3 is 9.30 Å². The molecule has 1 heterocycles. The lowest BCUT2D eigenvalue weighted by atomic mass is 10.0. The van der Waals surface area contributed by atoms with Gasteiger partial charge >= 0.3 is 0 Å². The van der Waals surface area contributed by atoms with Gasteiger partial charge in [-0.15, -0.1) is 0 Å². The number of sulfonamides is 1. The summed E-state index contributed by atoms with van der Waals surface area (Å²) in [7, 11) is -2.45. The number of aldehydes is 1. The van der Waals surface area contributed by atoms with E-state index in [1.807, 2.05) is 30.3 Å². The van der Waals surface area contributed by atoms with Crippen molar-refractivity contribution in [3.63, 3.8) is 0 Å². The molecule has 0 amide bonds. The summed E-state index contributed by atoms with van der Waals surface area (Å²) in [6.45, 7) is 0.150. The molecule has 3 aromatic carbocycles. The molecule has 0 unspecified atom stereocenters. The van der Waals surface area contributed by atoms with Crippen molar-refractivity contribution in [3.05, 3.63) is 96.6 Å². The quantitative estimate of drug-likeness (QED) is 0.415. The first-order chi connectivity index (χ1) is 15.5. The Labute approximate surface area is 186 Å². The van der Waals surface area contributed by atoms with Gasteiger partial charge in [0, 0.05) is 30.1 Å².